The van der Waals surface area contributed by atoms with Crippen molar-refractivity contribution < 1.29 is 9.18 Å². The molecule has 0 radical (unpaired) electrons. The van der Waals surface area contributed by atoms with Crippen LogP contribution in [-0.2, 0) is 0 Å². The van der Waals surface area contributed by atoms with Gasteiger partial charge in [-0.2, -0.15) is 0 Å². The van der Waals surface area contributed by atoms with Gasteiger partial charge in [-0.15, -0.1) is 0 Å². The number of nitrogens with one attached hydrogen (secondary N) is 1. The van der Waals surface area contributed by atoms with Gasteiger partial charge in [-0.3, -0.25) is 4.79 Å². The normalized spacial score (nSPS) is 10.2. The number of halogens is 1. The summed E-state index contributed by atoms with van der Waals surface area (Å²) < 4.78 is 13.0. The molecule has 0 atom stereocenters. The van der Waals surface area contributed by atoms with Crippen molar-refractivity contribution in [3.63, 3.8) is 0 Å². The average Bonchev–Trinajstić information content (AvgIpc) is 2.27. The zero-order chi connectivity index (χ0) is 13.1. The van der Waals surface area contributed by atoms with Gasteiger partial charge in [-0.25, -0.2) is 9.37 Å². The molecule has 0 spiro atoms. The van der Waals surface area contributed by atoms with Crippen LogP contribution in [0.4, 0.5) is 10.1 Å². The van der Waals surface area contributed by atoms with E-state index in [0.717, 1.165) is 11.3 Å². The third-order valence-electron chi connectivity index (χ3n) is 2.41. The molecule has 1 heterocycles. The molecule has 0 aliphatic rings. The van der Waals surface area contributed by atoms with E-state index >= 15 is 0 Å². The molecule has 2 aromatic rings. The summed E-state index contributed by atoms with van der Waals surface area (Å²) in [4.78, 5) is 16.1. The Kier molecular flexibility index (Phi) is 3.37. The minimum Gasteiger partial charge on any atom is -0.321 e. The molecule has 1 N–H and O–H groups in total. The maximum absolute atomic E-state index is 13.0. The quantitative estimate of drug-likeness (QED) is 0.882. The lowest BCUT2D eigenvalue weighted by Gasteiger charge is -2.06. The molecule has 0 aliphatic heterocycles. The molecule has 1 aromatic heterocycles. The highest BCUT2D eigenvalue weighted by Crippen LogP contribution is 2.11. The largest absolute Gasteiger partial charge is 0.321 e. The highest BCUT2D eigenvalue weighted by atomic mass is 19.1. The maximum atomic E-state index is 13.0. The van der Waals surface area contributed by atoms with Crippen molar-refractivity contribution in [1.82, 2.24) is 4.98 Å². The summed E-state index contributed by atoms with van der Waals surface area (Å²) in [6.45, 7) is 3.72. The zero-order valence-electron chi connectivity index (χ0n) is 10.2. The first-order chi connectivity index (χ1) is 8.54. The van der Waals surface area contributed by atoms with E-state index in [9.17, 15) is 9.18 Å². The Hall–Kier alpha value is -2.23. The number of pyridine rings is 1. The first-order valence-electron chi connectivity index (χ1n) is 5.57. The minimum atomic E-state index is -0.388. The predicted molar refractivity (Wildman–Crippen MR) is 68.1 cm³/mol. The van der Waals surface area contributed by atoms with E-state index in [0.29, 0.717) is 11.4 Å². The number of rotatable bonds is 2. The number of aryl methyl sites for hydroxylation is 2. The first kappa shape index (κ1) is 12.2. The Labute approximate surface area is 105 Å². The summed E-state index contributed by atoms with van der Waals surface area (Å²) in [7, 11) is 0. The molecule has 0 unspecified atom stereocenters. The minimum absolute atomic E-state index is 0.330. The van der Waals surface area contributed by atoms with Crippen LogP contribution in [0.5, 0.6) is 0 Å². The monoisotopic (exact) mass is 244 g/mol. The topological polar surface area (TPSA) is 42.0 Å². The van der Waals surface area contributed by atoms with Crippen LogP contribution in [0.2, 0.25) is 0 Å². The van der Waals surface area contributed by atoms with Gasteiger partial charge in [0.25, 0.3) is 5.91 Å². The predicted octanol–water partition coefficient (Wildman–Crippen LogP) is 3.09. The summed E-state index contributed by atoms with van der Waals surface area (Å²) >= 11 is 0. The molecule has 2 rings (SSSR count). The highest BCUT2D eigenvalue weighted by molar-refractivity contribution is 6.02. The van der Waals surface area contributed by atoms with E-state index in [1.54, 1.807) is 18.2 Å². The molecule has 18 heavy (non-hydrogen) atoms. The van der Waals surface area contributed by atoms with Gasteiger partial charge in [0.15, 0.2) is 0 Å². The van der Waals surface area contributed by atoms with Crippen LogP contribution in [0.25, 0.3) is 0 Å². The lowest BCUT2D eigenvalue weighted by molar-refractivity contribution is 0.102. The molecule has 0 aliphatic carbocycles. The SMILES string of the molecule is Cc1cc(C)nc(C(=O)Nc2cccc(F)c2)c1. The van der Waals surface area contributed by atoms with E-state index in [4.69, 9.17) is 0 Å². The van der Waals surface area contributed by atoms with E-state index in [1.807, 2.05) is 19.9 Å². The summed E-state index contributed by atoms with van der Waals surface area (Å²) in [6.07, 6.45) is 0. The van der Waals surface area contributed by atoms with Gasteiger partial charge >= 0.3 is 0 Å². The fourth-order valence-electron chi connectivity index (χ4n) is 1.72. The number of carbonyl (C=O) groups excluding carboxylic acids is 1. The van der Waals surface area contributed by atoms with Crippen molar-refractivity contribution in [2.24, 2.45) is 0 Å². The van der Waals surface area contributed by atoms with Gasteiger partial charge in [0.05, 0.1) is 0 Å². The molecule has 1 aromatic carbocycles. The number of carbonyl (C=O) groups is 1. The molecule has 1 amide bonds. The van der Waals surface area contributed by atoms with Crippen LogP contribution in [-0.4, -0.2) is 10.9 Å². The number of amides is 1. The summed E-state index contributed by atoms with van der Waals surface area (Å²) in [5.74, 6) is -0.728. The van der Waals surface area contributed by atoms with Crippen LogP contribution in [0, 0.1) is 19.7 Å². The van der Waals surface area contributed by atoms with E-state index in [2.05, 4.69) is 10.3 Å². The van der Waals surface area contributed by atoms with E-state index < -0.39 is 0 Å². The molecular formula is C14H13FN2O. The average molecular weight is 244 g/mol. The smallest absolute Gasteiger partial charge is 0.274 e. The number of hydrogen-bond donors (Lipinski definition) is 1. The second kappa shape index (κ2) is 4.96. The van der Waals surface area contributed by atoms with Gasteiger partial charge in [0.1, 0.15) is 11.5 Å². The van der Waals surface area contributed by atoms with Crippen molar-refractivity contribution in [2.45, 2.75) is 13.8 Å². The van der Waals surface area contributed by atoms with Crippen molar-refractivity contribution in [2.75, 3.05) is 5.32 Å². The van der Waals surface area contributed by atoms with Crippen LogP contribution in [0.1, 0.15) is 21.7 Å². The fraction of sp³-hybridized carbons (Fsp3) is 0.143. The molecule has 0 fully saturated rings. The molecule has 92 valence electrons. The summed E-state index contributed by atoms with van der Waals surface area (Å²) in [6, 6.07) is 9.34. The van der Waals surface area contributed by atoms with E-state index in [1.165, 1.54) is 12.1 Å². The molecule has 0 saturated carbocycles. The van der Waals surface area contributed by atoms with Gasteiger partial charge < -0.3 is 5.32 Å². The van der Waals surface area contributed by atoms with Crippen molar-refractivity contribution in [1.29, 1.82) is 0 Å². The van der Waals surface area contributed by atoms with Gasteiger partial charge in [-0.05, 0) is 49.7 Å². The van der Waals surface area contributed by atoms with Crippen LogP contribution in [0.3, 0.4) is 0 Å². The number of aromatic nitrogens is 1. The van der Waals surface area contributed by atoms with Gasteiger partial charge in [0.2, 0.25) is 0 Å². The van der Waals surface area contributed by atoms with Gasteiger partial charge in [-0.1, -0.05) is 6.07 Å². The second-order valence-corrected chi connectivity index (χ2v) is 4.14. The first-order valence-corrected chi connectivity index (χ1v) is 5.57. The number of nitrogens with zero attached hydrogens (tertiary/aromatic N) is 1. The van der Waals surface area contributed by atoms with Crippen molar-refractivity contribution in [3.05, 3.63) is 59.2 Å². The molecule has 3 nitrogen and oxygen atoms in total. The highest BCUT2D eigenvalue weighted by Gasteiger charge is 2.09. The third kappa shape index (κ3) is 2.91. The van der Waals surface area contributed by atoms with Crippen molar-refractivity contribution in [3.8, 4) is 0 Å². The summed E-state index contributed by atoms with van der Waals surface area (Å²) in [5.41, 5.74) is 2.49. The lowest BCUT2D eigenvalue weighted by atomic mass is 10.2. The summed E-state index contributed by atoms with van der Waals surface area (Å²) in [5, 5.41) is 2.61. The molecule has 0 saturated heterocycles. The van der Waals surface area contributed by atoms with E-state index in [-0.39, 0.29) is 11.7 Å². The Balaban J connectivity index is 2.22. The van der Waals surface area contributed by atoms with Crippen LogP contribution >= 0.6 is 0 Å². The van der Waals surface area contributed by atoms with Crippen LogP contribution < -0.4 is 5.32 Å². The molecule has 0 bridgehead atoms. The third-order valence-corrected chi connectivity index (χ3v) is 2.41. The standard InChI is InChI=1S/C14H13FN2O/c1-9-6-10(2)16-13(7-9)14(18)17-12-5-3-4-11(15)8-12/h3-8H,1-2H3,(H,17,18). The number of hydrogen-bond acceptors (Lipinski definition) is 2. The molecular weight excluding hydrogens is 231 g/mol. The Morgan fingerprint density at radius 1 is 1.22 bits per heavy atom. The Morgan fingerprint density at radius 3 is 2.67 bits per heavy atom. The number of anilines is 1. The fourth-order valence-corrected chi connectivity index (χ4v) is 1.72. The Bertz CT molecular complexity index is 576. The lowest BCUT2D eigenvalue weighted by Crippen LogP contribution is -2.14. The van der Waals surface area contributed by atoms with Crippen LogP contribution in [0.15, 0.2) is 36.4 Å². The Morgan fingerprint density at radius 2 is 2.00 bits per heavy atom. The van der Waals surface area contributed by atoms with Gasteiger partial charge in [0, 0.05) is 11.4 Å². The second-order valence-electron chi connectivity index (χ2n) is 4.14. The number of benzene rings is 1. The zero-order valence-corrected chi connectivity index (χ0v) is 10.2. The van der Waals surface area contributed by atoms with Crippen molar-refractivity contribution >= 4 is 11.6 Å². The maximum Gasteiger partial charge on any atom is 0.274 e. The molecule has 4 heteroatoms.